The number of carbonyl (C=O) groups is 1. The van der Waals surface area contributed by atoms with Gasteiger partial charge in [-0.2, -0.15) is 0 Å². The average Bonchev–Trinajstić information content (AvgIpc) is 2.79. The van der Waals surface area contributed by atoms with E-state index >= 15 is 0 Å². The summed E-state index contributed by atoms with van der Waals surface area (Å²) in [5.41, 5.74) is 1.51. The van der Waals surface area contributed by atoms with Gasteiger partial charge in [-0.25, -0.2) is 0 Å². The van der Waals surface area contributed by atoms with Gasteiger partial charge in [0.15, 0.2) is 5.79 Å². The topological polar surface area (TPSA) is 44.8 Å². The second-order valence-electron chi connectivity index (χ2n) is 6.68. The zero-order valence-corrected chi connectivity index (χ0v) is 12.6. The molecule has 0 aromatic rings. The molecule has 3 atom stereocenters. The summed E-state index contributed by atoms with van der Waals surface area (Å²) < 4.78 is 17.2. The van der Waals surface area contributed by atoms with Crippen LogP contribution in [0.1, 0.15) is 46.5 Å². The Kier molecular flexibility index (Phi) is 3.41. The number of allylic oxidation sites excluding steroid dienone is 1. The summed E-state index contributed by atoms with van der Waals surface area (Å²) in [6.45, 7) is 7.45. The lowest BCUT2D eigenvalue weighted by Crippen LogP contribution is -2.48. The van der Waals surface area contributed by atoms with Gasteiger partial charge in [0.2, 0.25) is 0 Å². The molecule has 0 aromatic heterocycles. The molecule has 1 saturated heterocycles. The molecule has 4 nitrogen and oxygen atoms in total. The third-order valence-electron chi connectivity index (χ3n) is 5.34. The number of rotatable bonds is 1. The first-order valence-corrected chi connectivity index (χ1v) is 7.60. The minimum atomic E-state index is -0.366. The van der Waals surface area contributed by atoms with Crippen molar-refractivity contribution in [2.75, 3.05) is 13.2 Å². The van der Waals surface area contributed by atoms with E-state index in [4.69, 9.17) is 14.2 Å². The van der Waals surface area contributed by atoms with Crippen molar-refractivity contribution in [3.8, 4) is 0 Å². The van der Waals surface area contributed by atoms with Crippen LogP contribution in [0.3, 0.4) is 0 Å². The summed E-state index contributed by atoms with van der Waals surface area (Å²) in [4.78, 5) is 11.2. The molecule has 0 N–H and O–H groups in total. The Morgan fingerprint density at radius 2 is 2.10 bits per heavy atom. The highest BCUT2D eigenvalue weighted by molar-refractivity contribution is 5.66. The average molecular weight is 280 g/mol. The van der Waals surface area contributed by atoms with Crippen LogP contribution in [-0.4, -0.2) is 31.1 Å². The minimum Gasteiger partial charge on any atom is -0.458 e. The zero-order chi connectivity index (χ0) is 14.4. The predicted molar refractivity (Wildman–Crippen MR) is 74.0 cm³/mol. The molecule has 112 valence electrons. The highest BCUT2D eigenvalue weighted by Gasteiger charge is 2.52. The lowest BCUT2D eigenvalue weighted by molar-refractivity contribution is -0.197. The Hall–Kier alpha value is -0.870. The second kappa shape index (κ2) is 4.85. The summed E-state index contributed by atoms with van der Waals surface area (Å²) in [6.07, 6.45) is 5.79. The fourth-order valence-corrected chi connectivity index (χ4v) is 4.08. The number of fused-ring (bicyclic) bond motifs is 1. The van der Waals surface area contributed by atoms with E-state index in [0.29, 0.717) is 19.1 Å². The van der Waals surface area contributed by atoms with E-state index in [9.17, 15) is 4.79 Å². The fraction of sp³-hybridized carbons (Fsp3) is 0.812. The first kappa shape index (κ1) is 14.1. The van der Waals surface area contributed by atoms with Gasteiger partial charge in [0.05, 0.1) is 13.2 Å². The highest BCUT2D eigenvalue weighted by Crippen LogP contribution is 2.55. The van der Waals surface area contributed by atoms with Crippen molar-refractivity contribution in [3.63, 3.8) is 0 Å². The van der Waals surface area contributed by atoms with E-state index in [1.807, 2.05) is 0 Å². The first-order chi connectivity index (χ1) is 9.43. The normalized spacial score (nSPS) is 39.2. The van der Waals surface area contributed by atoms with E-state index in [1.54, 1.807) is 0 Å². The van der Waals surface area contributed by atoms with Crippen molar-refractivity contribution in [2.45, 2.75) is 58.3 Å². The van der Waals surface area contributed by atoms with Crippen LogP contribution < -0.4 is 0 Å². The standard InChI is InChI=1S/C16H24O4/c1-11-8-14(20-12(2)17)9-13-4-5-16(10-15(11,13)3)18-6-7-19-16/h9,11,14H,4-8,10H2,1-3H3/t11-,14+,15+/m1/s1. The Balaban J connectivity index is 1.83. The van der Waals surface area contributed by atoms with E-state index in [2.05, 4.69) is 19.9 Å². The van der Waals surface area contributed by atoms with Crippen molar-refractivity contribution in [1.29, 1.82) is 0 Å². The van der Waals surface area contributed by atoms with Crippen molar-refractivity contribution in [2.24, 2.45) is 11.3 Å². The van der Waals surface area contributed by atoms with Crippen molar-refractivity contribution in [3.05, 3.63) is 11.6 Å². The van der Waals surface area contributed by atoms with Gasteiger partial charge in [0.1, 0.15) is 6.10 Å². The van der Waals surface area contributed by atoms with E-state index in [-0.39, 0.29) is 23.3 Å². The Labute approximate surface area is 120 Å². The van der Waals surface area contributed by atoms with Gasteiger partial charge in [-0.1, -0.05) is 19.4 Å². The minimum absolute atomic E-state index is 0.0648. The SMILES string of the molecule is CC(=O)O[C@@H]1C=C2CCC3(C[C@@]2(C)[C@H](C)C1)OCCO3. The van der Waals surface area contributed by atoms with Gasteiger partial charge in [0.25, 0.3) is 0 Å². The Morgan fingerprint density at radius 1 is 1.40 bits per heavy atom. The molecule has 1 aliphatic heterocycles. The molecule has 0 bridgehead atoms. The lowest BCUT2D eigenvalue weighted by atomic mass is 9.59. The molecule has 1 spiro atoms. The largest absolute Gasteiger partial charge is 0.458 e. The van der Waals surface area contributed by atoms with Gasteiger partial charge in [-0.3, -0.25) is 4.79 Å². The van der Waals surface area contributed by atoms with Gasteiger partial charge >= 0.3 is 5.97 Å². The summed E-state index contributed by atoms with van der Waals surface area (Å²) in [5, 5.41) is 0. The third-order valence-corrected chi connectivity index (χ3v) is 5.34. The van der Waals surface area contributed by atoms with E-state index < -0.39 is 0 Å². The maximum atomic E-state index is 11.2. The summed E-state index contributed by atoms with van der Waals surface area (Å²) in [6, 6.07) is 0. The second-order valence-corrected chi connectivity index (χ2v) is 6.68. The Morgan fingerprint density at radius 3 is 2.75 bits per heavy atom. The maximum absolute atomic E-state index is 11.2. The molecule has 0 aromatic carbocycles. The fourth-order valence-electron chi connectivity index (χ4n) is 4.08. The predicted octanol–water partition coefficient (Wildman–Crippen LogP) is 2.82. The molecule has 1 saturated carbocycles. The highest BCUT2D eigenvalue weighted by atomic mass is 16.7. The summed E-state index contributed by atoms with van der Waals surface area (Å²) in [7, 11) is 0. The van der Waals surface area contributed by atoms with Gasteiger partial charge < -0.3 is 14.2 Å². The zero-order valence-electron chi connectivity index (χ0n) is 12.6. The van der Waals surface area contributed by atoms with Crippen LogP contribution in [-0.2, 0) is 19.0 Å². The molecule has 20 heavy (non-hydrogen) atoms. The van der Waals surface area contributed by atoms with Crippen LogP contribution in [0.15, 0.2) is 11.6 Å². The lowest BCUT2D eigenvalue weighted by Gasteiger charge is -2.50. The molecule has 4 heteroatoms. The van der Waals surface area contributed by atoms with E-state index in [0.717, 1.165) is 25.7 Å². The molecule has 0 amide bonds. The van der Waals surface area contributed by atoms with Crippen molar-refractivity contribution in [1.82, 2.24) is 0 Å². The van der Waals surface area contributed by atoms with Crippen LogP contribution in [0.5, 0.6) is 0 Å². The molecule has 0 radical (unpaired) electrons. The number of hydrogen-bond acceptors (Lipinski definition) is 4. The summed E-state index contributed by atoms with van der Waals surface area (Å²) >= 11 is 0. The first-order valence-electron chi connectivity index (χ1n) is 7.60. The number of ether oxygens (including phenoxy) is 3. The smallest absolute Gasteiger partial charge is 0.303 e. The van der Waals surface area contributed by atoms with Gasteiger partial charge in [-0.15, -0.1) is 0 Å². The van der Waals surface area contributed by atoms with Crippen LogP contribution in [0.2, 0.25) is 0 Å². The third kappa shape index (κ3) is 2.29. The molecule has 3 rings (SSSR count). The van der Waals surface area contributed by atoms with E-state index in [1.165, 1.54) is 12.5 Å². The molecular weight excluding hydrogens is 256 g/mol. The maximum Gasteiger partial charge on any atom is 0.303 e. The number of esters is 1. The molecule has 2 fully saturated rings. The molecular formula is C16H24O4. The quantitative estimate of drug-likeness (QED) is 0.547. The van der Waals surface area contributed by atoms with Crippen LogP contribution >= 0.6 is 0 Å². The van der Waals surface area contributed by atoms with Gasteiger partial charge in [-0.05, 0) is 30.3 Å². The van der Waals surface area contributed by atoms with Crippen LogP contribution in [0.4, 0.5) is 0 Å². The molecule has 3 aliphatic rings. The Bertz CT molecular complexity index is 436. The molecule has 0 unspecified atom stereocenters. The monoisotopic (exact) mass is 280 g/mol. The summed E-state index contributed by atoms with van der Waals surface area (Å²) in [5.74, 6) is -0.108. The van der Waals surface area contributed by atoms with Crippen molar-refractivity contribution < 1.29 is 19.0 Å². The molecule has 1 heterocycles. The number of hydrogen-bond donors (Lipinski definition) is 0. The number of carbonyl (C=O) groups excluding carboxylic acids is 1. The molecule has 2 aliphatic carbocycles. The van der Waals surface area contributed by atoms with Crippen LogP contribution in [0.25, 0.3) is 0 Å². The van der Waals surface area contributed by atoms with Crippen molar-refractivity contribution >= 4 is 5.97 Å². The van der Waals surface area contributed by atoms with Crippen LogP contribution in [0, 0.1) is 11.3 Å². The van der Waals surface area contributed by atoms with Gasteiger partial charge in [0, 0.05) is 19.8 Å².